The number of carbonyl (C=O) groups excluding carboxylic acids is 2. The molecule has 10 nitrogen and oxygen atoms in total. The molecule has 0 heterocycles. The van der Waals surface area contributed by atoms with Crippen LogP contribution in [-0.2, 0) is 32.7 Å². The van der Waals surface area contributed by atoms with E-state index in [9.17, 15) is 24.2 Å². The van der Waals surface area contributed by atoms with Crippen molar-refractivity contribution in [2.75, 3.05) is 26.4 Å². The number of ether oxygens (including phenoxy) is 2. The Bertz CT molecular complexity index is 899. The summed E-state index contributed by atoms with van der Waals surface area (Å²) in [6, 6.07) is 0. The van der Waals surface area contributed by atoms with Crippen LogP contribution in [-0.4, -0.2) is 65.7 Å². The molecule has 3 atom stereocenters. The zero-order valence-electron chi connectivity index (χ0n) is 34.0. The lowest BCUT2D eigenvalue weighted by Gasteiger charge is -2.20. The van der Waals surface area contributed by atoms with Gasteiger partial charge in [0.15, 0.2) is 6.10 Å². The van der Waals surface area contributed by atoms with Gasteiger partial charge in [0.05, 0.1) is 19.8 Å². The summed E-state index contributed by atoms with van der Waals surface area (Å²) in [6.45, 7) is 2.39. The molecule has 0 bridgehead atoms. The lowest BCUT2D eigenvalue weighted by atomic mass is 10.0. The van der Waals surface area contributed by atoms with Crippen molar-refractivity contribution in [3.05, 3.63) is 12.2 Å². The molecule has 3 N–H and O–H groups in total. The number of hydrogen-bond acceptors (Lipinski definition) is 9. The van der Waals surface area contributed by atoms with Crippen LogP contribution in [0.15, 0.2) is 12.2 Å². The van der Waals surface area contributed by atoms with Gasteiger partial charge in [0.25, 0.3) is 0 Å². The monoisotopic (exact) mass is 777 g/mol. The Kier molecular flexibility index (Phi) is 38.0. The fourth-order valence-electron chi connectivity index (χ4n) is 6.05. The topological polar surface area (TPSA) is 149 Å². The summed E-state index contributed by atoms with van der Waals surface area (Å²) in [4.78, 5) is 35.0. The van der Waals surface area contributed by atoms with Crippen LogP contribution in [0.5, 0.6) is 0 Å². The van der Waals surface area contributed by atoms with E-state index in [-0.39, 0.29) is 19.4 Å². The van der Waals surface area contributed by atoms with Crippen LogP contribution in [0.3, 0.4) is 0 Å². The molecule has 0 aromatic carbocycles. The van der Waals surface area contributed by atoms with Crippen molar-refractivity contribution < 1.29 is 47.8 Å². The first-order valence-electron chi connectivity index (χ1n) is 21.6. The number of phosphoric acid groups is 1. The summed E-state index contributed by atoms with van der Waals surface area (Å²) >= 11 is 0. The van der Waals surface area contributed by atoms with E-state index in [4.69, 9.17) is 19.1 Å². The van der Waals surface area contributed by atoms with Gasteiger partial charge >= 0.3 is 19.8 Å². The maximum atomic E-state index is 12.6. The number of unbranched alkanes of at least 4 members (excludes halogenated alkanes) is 25. The minimum atomic E-state index is -4.61. The highest BCUT2D eigenvalue weighted by atomic mass is 31.2. The van der Waals surface area contributed by atoms with Crippen molar-refractivity contribution in [3.63, 3.8) is 0 Å². The number of rotatable bonds is 41. The zero-order valence-corrected chi connectivity index (χ0v) is 34.9. The highest BCUT2D eigenvalue weighted by molar-refractivity contribution is 7.47. The van der Waals surface area contributed by atoms with Crippen LogP contribution in [0, 0.1) is 0 Å². The molecular formula is C42H81O10P. The number of allylic oxidation sites excluding steroid dienone is 2. The number of hydrogen-bond donors (Lipinski definition) is 3. The smallest absolute Gasteiger partial charge is 0.462 e. The Hall–Kier alpha value is -1.29. The third-order valence-electron chi connectivity index (χ3n) is 9.42. The average Bonchev–Trinajstić information content (AvgIpc) is 3.14. The highest BCUT2D eigenvalue weighted by Gasteiger charge is 2.27. The SMILES string of the molecule is CCCCCC/C=C/CCCCCCCCCC(=O)OCC(COP(=O)(O)OCC(O)CO)OC(=O)CCCCCCCCCCCCCCCCC. The molecule has 0 fully saturated rings. The fourth-order valence-corrected chi connectivity index (χ4v) is 6.84. The van der Waals surface area contributed by atoms with Gasteiger partial charge in [-0.3, -0.25) is 18.6 Å². The summed E-state index contributed by atoms with van der Waals surface area (Å²) in [5, 5.41) is 18.3. The Morgan fingerprint density at radius 1 is 0.547 bits per heavy atom. The van der Waals surface area contributed by atoms with Crippen molar-refractivity contribution in [1.82, 2.24) is 0 Å². The molecule has 314 valence electrons. The maximum Gasteiger partial charge on any atom is 0.472 e. The van der Waals surface area contributed by atoms with Gasteiger partial charge in [-0.15, -0.1) is 0 Å². The van der Waals surface area contributed by atoms with Crippen molar-refractivity contribution in [2.24, 2.45) is 0 Å². The Labute approximate surface area is 324 Å². The van der Waals surface area contributed by atoms with Crippen molar-refractivity contribution in [1.29, 1.82) is 0 Å². The Morgan fingerprint density at radius 2 is 0.925 bits per heavy atom. The van der Waals surface area contributed by atoms with Gasteiger partial charge in [0.1, 0.15) is 12.7 Å². The van der Waals surface area contributed by atoms with E-state index in [1.165, 1.54) is 122 Å². The first-order valence-corrected chi connectivity index (χ1v) is 23.1. The predicted octanol–water partition coefficient (Wildman–Crippen LogP) is 11.2. The average molecular weight is 777 g/mol. The molecule has 53 heavy (non-hydrogen) atoms. The van der Waals surface area contributed by atoms with Gasteiger partial charge in [0, 0.05) is 12.8 Å². The molecule has 0 saturated heterocycles. The molecule has 0 aliphatic carbocycles. The van der Waals surface area contributed by atoms with Gasteiger partial charge in [0.2, 0.25) is 0 Å². The highest BCUT2D eigenvalue weighted by Crippen LogP contribution is 2.43. The normalized spacial score (nSPS) is 14.0. The summed E-state index contributed by atoms with van der Waals surface area (Å²) in [5.41, 5.74) is 0. The minimum absolute atomic E-state index is 0.189. The quantitative estimate of drug-likeness (QED) is 0.0237. The van der Waals surface area contributed by atoms with Crippen LogP contribution in [0.1, 0.15) is 206 Å². The number of aliphatic hydroxyl groups excluding tert-OH is 2. The van der Waals surface area contributed by atoms with Crippen molar-refractivity contribution in [2.45, 2.75) is 219 Å². The van der Waals surface area contributed by atoms with E-state index in [1.54, 1.807) is 0 Å². The first-order chi connectivity index (χ1) is 25.7. The largest absolute Gasteiger partial charge is 0.472 e. The summed E-state index contributed by atoms with van der Waals surface area (Å²) in [5.74, 6) is -0.920. The summed E-state index contributed by atoms with van der Waals surface area (Å²) in [7, 11) is -4.61. The molecule has 0 aliphatic rings. The molecule has 0 amide bonds. The van der Waals surface area contributed by atoms with Gasteiger partial charge in [-0.1, -0.05) is 167 Å². The molecule has 0 rings (SSSR count). The molecular weight excluding hydrogens is 695 g/mol. The van der Waals surface area contributed by atoms with Gasteiger partial charge in [-0.25, -0.2) is 4.57 Å². The molecule has 0 aromatic heterocycles. The molecule has 11 heteroatoms. The predicted molar refractivity (Wildman–Crippen MR) is 215 cm³/mol. The Balaban J connectivity index is 4.27. The zero-order chi connectivity index (χ0) is 39.1. The lowest BCUT2D eigenvalue weighted by Crippen LogP contribution is -2.29. The van der Waals surface area contributed by atoms with E-state index in [0.717, 1.165) is 44.9 Å². The van der Waals surface area contributed by atoms with Crippen LogP contribution in [0.25, 0.3) is 0 Å². The number of esters is 2. The molecule has 0 spiro atoms. The second kappa shape index (κ2) is 39.0. The fraction of sp³-hybridized carbons (Fsp3) is 0.905. The minimum Gasteiger partial charge on any atom is -0.462 e. The van der Waals surface area contributed by atoms with Crippen molar-refractivity contribution >= 4 is 19.8 Å². The van der Waals surface area contributed by atoms with Crippen LogP contribution < -0.4 is 0 Å². The molecule has 0 radical (unpaired) electrons. The third kappa shape index (κ3) is 38.8. The molecule has 0 aromatic rings. The number of carbonyl (C=O) groups is 2. The summed E-state index contributed by atoms with van der Waals surface area (Å²) in [6.07, 6.45) is 36.0. The number of aliphatic hydroxyl groups is 2. The van der Waals surface area contributed by atoms with E-state index in [0.29, 0.717) is 12.8 Å². The Morgan fingerprint density at radius 3 is 1.38 bits per heavy atom. The van der Waals surface area contributed by atoms with Crippen LogP contribution >= 0.6 is 7.82 Å². The van der Waals surface area contributed by atoms with Gasteiger partial charge in [-0.05, 0) is 38.5 Å². The van der Waals surface area contributed by atoms with Gasteiger partial charge in [-0.2, -0.15) is 0 Å². The number of phosphoric ester groups is 1. The van der Waals surface area contributed by atoms with Gasteiger partial charge < -0.3 is 24.6 Å². The van der Waals surface area contributed by atoms with E-state index in [1.807, 2.05) is 0 Å². The summed E-state index contributed by atoms with van der Waals surface area (Å²) < 4.78 is 32.7. The maximum absolute atomic E-state index is 12.6. The van der Waals surface area contributed by atoms with E-state index in [2.05, 4.69) is 30.5 Å². The molecule has 0 aliphatic heterocycles. The first kappa shape index (κ1) is 51.7. The van der Waals surface area contributed by atoms with Crippen LogP contribution in [0.4, 0.5) is 0 Å². The van der Waals surface area contributed by atoms with E-state index >= 15 is 0 Å². The van der Waals surface area contributed by atoms with E-state index < -0.39 is 51.8 Å². The lowest BCUT2D eigenvalue weighted by molar-refractivity contribution is -0.161. The van der Waals surface area contributed by atoms with Crippen LogP contribution in [0.2, 0.25) is 0 Å². The second-order valence-electron chi connectivity index (χ2n) is 14.7. The molecule has 0 saturated carbocycles. The second-order valence-corrected chi connectivity index (χ2v) is 16.2. The molecule has 3 unspecified atom stereocenters. The standard InChI is InChI=1S/C42H81O10P/c1-3-5-7-9-11-13-15-17-19-21-23-25-27-29-31-33-41(45)49-37-40(38-51-53(47,48)50-36-39(44)35-43)52-42(46)34-32-30-28-26-24-22-20-18-16-14-12-10-8-6-4-2/h13,15,39-40,43-44H,3-12,14,16-38H2,1-2H3,(H,47,48)/b15-13+. The third-order valence-corrected chi connectivity index (χ3v) is 10.4. The van der Waals surface area contributed by atoms with Crippen molar-refractivity contribution in [3.8, 4) is 0 Å².